The lowest BCUT2D eigenvalue weighted by Crippen LogP contribution is -2.17. The molecule has 5 nitrogen and oxygen atoms in total. The summed E-state index contributed by atoms with van der Waals surface area (Å²) in [6.45, 7) is 2.48. The molecule has 0 spiro atoms. The molecule has 21 heavy (non-hydrogen) atoms. The Morgan fingerprint density at radius 3 is 2.57 bits per heavy atom. The van der Waals surface area contributed by atoms with E-state index in [1.807, 2.05) is 6.92 Å². The summed E-state index contributed by atoms with van der Waals surface area (Å²) in [5.41, 5.74) is 0.740. The molecule has 0 saturated heterocycles. The molecule has 0 fully saturated rings. The minimum atomic E-state index is -0.673. The number of benzene rings is 1. The molecule has 0 aliphatic heterocycles. The SMILES string of the molecule is CCCN/C(=C(\C=N)C=O)c1cc(F)cc(C(=O)OC)c1. The molecule has 0 aliphatic carbocycles. The van der Waals surface area contributed by atoms with Crippen LogP contribution in [0.5, 0.6) is 0 Å². The smallest absolute Gasteiger partial charge is 0.337 e. The number of esters is 1. The lowest BCUT2D eigenvalue weighted by molar-refractivity contribution is -0.104. The number of nitrogens with one attached hydrogen (secondary N) is 2. The Kier molecular flexibility index (Phi) is 6.26. The highest BCUT2D eigenvalue weighted by Crippen LogP contribution is 2.19. The van der Waals surface area contributed by atoms with Crippen molar-refractivity contribution in [2.75, 3.05) is 13.7 Å². The van der Waals surface area contributed by atoms with Crippen molar-refractivity contribution < 1.29 is 18.7 Å². The molecule has 6 heteroatoms. The van der Waals surface area contributed by atoms with E-state index in [4.69, 9.17) is 5.41 Å². The summed E-state index contributed by atoms with van der Waals surface area (Å²) in [5.74, 6) is -1.30. The molecule has 0 atom stereocenters. The topological polar surface area (TPSA) is 79.3 Å². The zero-order chi connectivity index (χ0) is 15.8. The van der Waals surface area contributed by atoms with Crippen molar-refractivity contribution in [2.24, 2.45) is 0 Å². The van der Waals surface area contributed by atoms with Crippen LogP contribution in [0.25, 0.3) is 5.70 Å². The van der Waals surface area contributed by atoms with Crippen molar-refractivity contribution in [3.8, 4) is 0 Å². The van der Waals surface area contributed by atoms with E-state index in [1.54, 1.807) is 0 Å². The molecule has 0 aromatic heterocycles. The first kappa shape index (κ1) is 16.6. The van der Waals surface area contributed by atoms with Crippen LogP contribution in [-0.2, 0) is 9.53 Å². The van der Waals surface area contributed by atoms with Gasteiger partial charge in [-0.3, -0.25) is 4.79 Å². The summed E-state index contributed by atoms with van der Waals surface area (Å²) in [5, 5.41) is 10.2. The van der Waals surface area contributed by atoms with Gasteiger partial charge in [0, 0.05) is 18.3 Å². The summed E-state index contributed by atoms with van der Waals surface area (Å²) >= 11 is 0. The van der Waals surface area contributed by atoms with Gasteiger partial charge in [-0.05, 0) is 24.6 Å². The molecule has 1 aromatic carbocycles. The average molecular weight is 292 g/mol. The minimum absolute atomic E-state index is 0.0403. The third-order valence-corrected chi connectivity index (χ3v) is 2.73. The van der Waals surface area contributed by atoms with Gasteiger partial charge in [0.2, 0.25) is 0 Å². The van der Waals surface area contributed by atoms with Gasteiger partial charge in [0.05, 0.1) is 23.9 Å². The van der Waals surface area contributed by atoms with E-state index in [1.165, 1.54) is 19.2 Å². The number of hydrogen-bond donors (Lipinski definition) is 2. The lowest BCUT2D eigenvalue weighted by Gasteiger charge is -2.13. The second kappa shape index (κ2) is 7.94. The molecule has 0 amide bonds. The highest BCUT2D eigenvalue weighted by Gasteiger charge is 2.13. The normalized spacial score (nSPS) is 11.4. The van der Waals surface area contributed by atoms with Crippen LogP contribution in [0.4, 0.5) is 4.39 Å². The number of carbonyl (C=O) groups excluding carboxylic acids is 2. The summed E-state index contributed by atoms with van der Waals surface area (Å²) in [6.07, 6.45) is 2.17. The van der Waals surface area contributed by atoms with Crippen LogP contribution in [0.1, 0.15) is 29.3 Å². The van der Waals surface area contributed by atoms with Crippen LogP contribution in [-0.4, -0.2) is 32.1 Å². The molecular formula is C15H17FN2O3. The Balaban J connectivity index is 3.40. The number of halogens is 1. The molecule has 0 bridgehead atoms. The Hall–Kier alpha value is -2.50. The van der Waals surface area contributed by atoms with Crippen molar-refractivity contribution in [1.82, 2.24) is 5.32 Å². The van der Waals surface area contributed by atoms with Crippen LogP contribution in [0.3, 0.4) is 0 Å². The standard InChI is InChI=1S/C15H17FN2O3/c1-3-4-18-14(12(8-17)9-19)10-5-11(15(20)21-2)7-13(16)6-10/h5-9,17-18H,3-4H2,1-2H3/b14-12+,17-8?. The van der Waals surface area contributed by atoms with Gasteiger partial charge in [-0.1, -0.05) is 6.92 Å². The second-order valence-corrected chi connectivity index (χ2v) is 4.24. The Labute approximate surface area is 122 Å². The van der Waals surface area contributed by atoms with Crippen LogP contribution in [0.2, 0.25) is 0 Å². The summed E-state index contributed by atoms with van der Waals surface area (Å²) in [4.78, 5) is 22.6. The quantitative estimate of drug-likeness (QED) is 0.349. The van der Waals surface area contributed by atoms with Gasteiger partial charge < -0.3 is 15.5 Å². The molecule has 112 valence electrons. The number of ether oxygens (including phenoxy) is 1. The predicted molar refractivity (Wildman–Crippen MR) is 77.8 cm³/mol. The zero-order valence-electron chi connectivity index (χ0n) is 11.9. The van der Waals surface area contributed by atoms with Crippen LogP contribution >= 0.6 is 0 Å². The van der Waals surface area contributed by atoms with E-state index in [9.17, 15) is 14.0 Å². The molecule has 0 heterocycles. The first-order valence-electron chi connectivity index (χ1n) is 6.40. The van der Waals surface area contributed by atoms with Gasteiger partial charge in [0.1, 0.15) is 5.82 Å². The molecule has 2 N–H and O–H groups in total. The van der Waals surface area contributed by atoms with E-state index < -0.39 is 11.8 Å². The third kappa shape index (κ3) is 4.24. The van der Waals surface area contributed by atoms with Crippen LogP contribution < -0.4 is 5.32 Å². The van der Waals surface area contributed by atoms with Gasteiger partial charge >= 0.3 is 5.97 Å². The maximum absolute atomic E-state index is 13.7. The molecule has 0 unspecified atom stereocenters. The van der Waals surface area contributed by atoms with Crippen LogP contribution in [0, 0.1) is 11.2 Å². The van der Waals surface area contributed by atoms with E-state index in [2.05, 4.69) is 10.1 Å². The number of carbonyl (C=O) groups is 2. The fourth-order valence-electron chi connectivity index (χ4n) is 1.76. The van der Waals surface area contributed by atoms with Gasteiger partial charge in [0.25, 0.3) is 0 Å². The molecule has 0 aliphatic rings. The zero-order valence-corrected chi connectivity index (χ0v) is 11.9. The summed E-state index contributed by atoms with van der Waals surface area (Å²) in [6, 6.07) is 3.66. The highest BCUT2D eigenvalue weighted by molar-refractivity contribution is 6.08. The summed E-state index contributed by atoms with van der Waals surface area (Å²) in [7, 11) is 1.20. The minimum Gasteiger partial charge on any atom is -0.465 e. The molecule has 1 rings (SSSR count). The number of hydrogen-bond acceptors (Lipinski definition) is 5. The first-order chi connectivity index (χ1) is 10.1. The number of methoxy groups -OCH3 is 1. The average Bonchev–Trinajstić information content (AvgIpc) is 2.49. The van der Waals surface area contributed by atoms with Crippen molar-refractivity contribution in [1.29, 1.82) is 5.41 Å². The van der Waals surface area contributed by atoms with Gasteiger partial charge in [0.15, 0.2) is 6.29 Å². The predicted octanol–water partition coefficient (Wildman–Crippen LogP) is 2.17. The van der Waals surface area contributed by atoms with Crippen molar-refractivity contribution in [3.05, 3.63) is 40.7 Å². The molecular weight excluding hydrogens is 275 g/mol. The highest BCUT2D eigenvalue weighted by atomic mass is 19.1. The number of rotatable bonds is 7. The number of allylic oxidation sites excluding steroid dienone is 1. The van der Waals surface area contributed by atoms with E-state index >= 15 is 0 Å². The largest absolute Gasteiger partial charge is 0.465 e. The summed E-state index contributed by atoms with van der Waals surface area (Å²) < 4.78 is 18.2. The second-order valence-electron chi connectivity index (χ2n) is 4.24. The van der Waals surface area contributed by atoms with E-state index in [0.717, 1.165) is 18.7 Å². The lowest BCUT2D eigenvalue weighted by atomic mass is 10.0. The molecule has 0 saturated carbocycles. The van der Waals surface area contributed by atoms with E-state index in [0.29, 0.717) is 24.1 Å². The Morgan fingerprint density at radius 1 is 1.38 bits per heavy atom. The van der Waals surface area contributed by atoms with Crippen LogP contribution in [0.15, 0.2) is 23.8 Å². The Morgan fingerprint density at radius 2 is 2.05 bits per heavy atom. The monoisotopic (exact) mass is 292 g/mol. The fourth-order valence-corrected chi connectivity index (χ4v) is 1.76. The van der Waals surface area contributed by atoms with Gasteiger partial charge in [-0.15, -0.1) is 0 Å². The van der Waals surface area contributed by atoms with E-state index in [-0.39, 0.29) is 11.1 Å². The maximum atomic E-state index is 13.7. The molecule has 1 aromatic rings. The van der Waals surface area contributed by atoms with Crippen molar-refractivity contribution in [2.45, 2.75) is 13.3 Å². The number of aldehydes is 1. The van der Waals surface area contributed by atoms with Gasteiger partial charge in [-0.25, -0.2) is 9.18 Å². The van der Waals surface area contributed by atoms with Crippen molar-refractivity contribution in [3.63, 3.8) is 0 Å². The van der Waals surface area contributed by atoms with Gasteiger partial charge in [-0.2, -0.15) is 0 Å². The molecule has 0 radical (unpaired) electrons. The third-order valence-electron chi connectivity index (χ3n) is 2.73. The fraction of sp³-hybridized carbons (Fsp3) is 0.267. The maximum Gasteiger partial charge on any atom is 0.337 e. The van der Waals surface area contributed by atoms with Crippen molar-refractivity contribution >= 4 is 24.2 Å². The Bertz CT molecular complexity index is 572. The first-order valence-corrected chi connectivity index (χ1v) is 6.40.